The highest BCUT2D eigenvalue weighted by atomic mass is 16.5. The molecule has 1 aliphatic heterocycles. The highest BCUT2D eigenvalue weighted by Crippen LogP contribution is 2.26. The summed E-state index contributed by atoms with van der Waals surface area (Å²) in [6.45, 7) is 3.55. The number of aryl methyl sites for hydroxylation is 2. The highest BCUT2D eigenvalue weighted by molar-refractivity contribution is 5.73. The number of fused-ring (bicyclic) bond motifs is 1. The smallest absolute Gasteiger partial charge is 0.315 e. The largest absolute Gasteiger partial charge is 0.374 e. The minimum absolute atomic E-state index is 0.224. The summed E-state index contributed by atoms with van der Waals surface area (Å²) in [5.41, 5.74) is 3.74. The van der Waals surface area contributed by atoms with Crippen LogP contribution < -0.4 is 15.5 Å². The van der Waals surface area contributed by atoms with E-state index in [0.29, 0.717) is 18.3 Å². The molecule has 1 aliphatic rings. The van der Waals surface area contributed by atoms with Crippen LogP contribution in [0.2, 0.25) is 0 Å². The molecule has 2 heterocycles. The molecule has 1 aromatic heterocycles. The third kappa shape index (κ3) is 3.80. The molecule has 2 amide bonds. The minimum atomic E-state index is -0.254. The second-order valence-electron chi connectivity index (χ2n) is 5.76. The molecule has 2 N–H and O–H groups in total. The molecule has 3 rings (SSSR count). The number of anilines is 1. The Morgan fingerprint density at radius 3 is 2.96 bits per heavy atom. The molecule has 0 saturated carbocycles. The van der Waals surface area contributed by atoms with Crippen molar-refractivity contribution in [3.05, 3.63) is 41.0 Å². The minimum Gasteiger partial charge on any atom is -0.374 e. The van der Waals surface area contributed by atoms with Crippen molar-refractivity contribution in [2.45, 2.75) is 32.9 Å². The Bertz CT molecular complexity index is 698. The van der Waals surface area contributed by atoms with Gasteiger partial charge in [0.15, 0.2) is 5.82 Å². The van der Waals surface area contributed by atoms with Crippen molar-refractivity contribution in [3.63, 3.8) is 0 Å². The lowest BCUT2D eigenvalue weighted by molar-refractivity contribution is 0.238. The van der Waals surface area contributed by atoms with Crippen LogP contribution in [0.1, 0.15) is 29.3 Å². The molecular weight excluding hydrogens is 294 g/mol. The Kier molecular flexibility index (Phi) is 4.45. The SMILES string of the molecule is Cc1noc(CNC(=O)NCc2ccc3c(c2)CCCN3C)n1. The van der Waals surface area contributed by atoms with E-state index in [1.807, 2.05) is 0 Å². The number of carbonyl (C=O) groups is 1. The lowest BCUT2D eigenvalue weighted by Gasteiger charge is -2.27. The van der Waals surface area contributed by atoms with Crippen molar-refractivity contribution >= 4 is 11.7 Å². The van der Waals surface area contributed by atoms with Gasteiger partial charge >= 0.3 is 6.03 Å². The molecule has 0 aliphatic carbocycles. The zero-order valence-electron chi connectivity index (χ0n) is 13.4. The number of hydrogen-bond acceptors (Lipinski definition) is 5. The van der Waals surface area contributed by atoms with E-state index in [-0.39, 0.29) is 12.6 Å². The van der Waals surface area contributed by atoms with Crippen LogP contribution in [0.15, 0.2) is 22.7 Å². The number of nitrogens with one attached hydrogen (secondary N) is 2. The van der Waals surface area contributed by atoms with Crippen LogP contribution >= 0.6 is 0 Å². The van der Waals surface area contributed by atoms with Crippen molar-refractivity contribution in [2.24, 2.45) is 0 Å². The van der Waals surface area contributed by atoms with Gasteiger partial charge < -0.3 is 20.1 Å². The molecule has 0 unspecified atom stereocenters. The van der Waals surface area contributed by atoms with E-state index >= 15 is 0 Å². The van der Waals surface area contributed by atoms with E-state index in [2.05, 4.69) is 50.9 Å². The summed E-state index contributed by atoms with van der Waals surface area (Å²) in [4.78, 5) is 18.1. The molecule has 7 nitrogen and oxygen atoms in total. The van der Waals surface area contributed by atoms with E-state index in [1.54, 1.807) is 6.92 Å². The van der Waals surface area contributed by atoms with Gasteiger partial charge in [-0.1, -0.05) is 17.3 Å². The lowest BCUT2D eigenvalue weighted by Crippen LogP contribution is -2.34. The summed E-state index contributed by atoms with van der Waals surface area (Å²) in [7, 11) is 2.11. The molecule has 0 radical (unpaired) electrons. The normalized spacial score (nSPS) is 13.6. The molecule has 7 heteroatoms. The summed E-state index contributed by atoms with van der Waals surface area (Å²) in [5.74, 6) is 0.954. The van der Waals surface area contributed by atoms with Crippen molar-refractivity contribution < 1.29 is 9.32 Å². The van der Waals surface area contributed by atoms with Gasteiger partial charge in [-0.15, -0.1) is 0 Å². The Hall–Kier alpha value is -2.57. The average Bonchev–Trinajstić information content (AvgIpc) is 2.96. The molecule has 0 spiro atoms. The fraction of sp³-hybridized carbons (Fsp3) is 0.438. The lowest BCUT2D eigenvalue weighted by atomic mass is 9.99. The Morgan fingerprint density at radius 2 is 2.17 bits per heavy atom. The maximum absolute atomic E-state index is 11.8. The van der Waals surface area contributed by atoms with Crippen molar-refractivity contribution in [3.8, 4) is 0 Å². The number of hydrogen-bond donors (Lipinski definition) is 2. The van der Waals surface area contributed by atoms with Crippen LogP contribution in [0.3, 0.4) is 0 Å². The van der Waals surface area contributed by atoms with Crippen LogP contribution in [-0.2, 0) is 19.5 Å². The fourth-order valence-electron chi connectivity index (χ4n) is 2.76. The van der Waals surface area contributed by atoms with E-state index in [0.717, 1.165) is 18.5 Å². The van der Waals surface area contributed by atoms with Gasteiger partial charge in [0.1, 0.15) is 0 Å². The molecule has 0 fully saturated rings. The Balaban J connectivity index is 1.51. The monoisotopic (exact) mass is 315 g/mol. The second kappa shape index (κ2) is 6.68. The number of aromatic nitrogens is 2. The predicted molar refractivity (Wildman–Crippen MR) is 86.1 cm³/mol. The second-order valence-corrected chi connectivity index (χ2v) is 5.76. The predicted octanol–water partition coefficient (Wildman–Crippen LogP) is 1.76. The van der Waals surface area contributed by atoms with E-state index in [1.165, 1.54) is 17.7 Å². The van der Waals surface area contributed by atoms with E-state index in [9.17, 15) is 4.79 Å². The van der Waals surface area contributed by atoms with E-state index in [4.69, 9.17) is 4.52 Å². The average molecular weight is 315 g/mol. The van der Waals surface area contributed by atoms with Gasteiger partial charge in [0, 0.05) is 25.8 Å². The number of carbonyl (C=O) groups excluding carboxylic acids is 1. The fourth-order valence-corrected chi connectivity index (χ4v) is 2.76. The molecule has 0 atom stereocenters. The van der Waals surface area contributed by atoms with Gasteiger partial charge in [0.05, 0.1) is 6.54 Å². The summed E-state index contributed by atoms with van der Waals surface area (Å²) in [6.07, 6.45) is 2.26. The first-order valence-corrected chi connectivity index (χ1v) is 7.75. The van der Waals surface area contributed by atoms with Gasteiger partial charge in [-0.25, -0.2) is 4.79 Å². The Morgan fingerprint density at radius 1 is 1.35 bits per heavy atom. The van der Waals surface area contributed by atoms with Crippen LogP contribution in [0, 0.1) is 6.92 Å². The van der Waals surface area contributed by atoms with Crippen LogP contribution in [0.25, 0.3) is 0 Å². The van der Waals surface area contributed by atoms with Crippen LogP contribution in [0.5, 0.6) is 0 Å². The molecule has 23 heavy (non-hydrogen) atoms. The molecule has 122 valence electrons. The molecule has 0 bridgehead atoms. The number of urea groups is 1. The highest BCUT2D eigenvalue weighted by Gasteiger charge is 2.13. The first-order chi connectivity index (χ1) is 11.1. The van der Waals surface area contributed by atoms with Crippen LogP contribution in [-0.4, -0.2) is 29.8 Å². The molecular formula is C16H21N5O2. The molecule has 0 saturated heterocycles. The number of rotatable bonds is 4. The number of benzene rings is 1. The van der Waals surface area contributed by atoms with Gasteiger partial charge in [0.25, 0.3) is 0 Å². The number of amides is 2. The van der Waals surface area contributed by atoms with Gasteiger partial charge in [0.2, 0.25) is 5.89 Å². The quantitative estimate of drug-likeness (QED) is 0.898. The maximum Gasteiger partial charge on any atom is 0.315 e. The number of nitrogens with zero attached hydrogens (tertiary/aromatic N) is 3. The standard InChI is InChI=1S/C16H21N5O2/c1-11-19-15(23-20-11)10-18-16(22)17-9-12-5-6-14-13(8-12)4-3-7-21(14)2/h5-6,8H,3-4,7,9-10H2,1-2H3,(H2,17,18,22). The van der Waals surface area contributed by atoms with Crippen molar-refractivity contribution in [2.75, 3.05) is 18.5 Å². The molecule has 1 aromatic carbocycles. The maximum atomic E-state index is 11.8. The summed E-state index contributed by atoms with van der Waals surface area (Å²) >= 11 is 0. The van der Waals surface area contributed by atoms with Gasteiger partial charge in [-0.05, 0) is 37.0 Å². The van der Waals surface area contributed by atoms with Crippen LogP contribution in [0.4, 0.5) is 10.5 Å². The topological polar surface area (TPSA) is 83.3 Å². The van der Waals surface area contributed by atoms with E-state index < -0.39 is 0 Å². The zero-order chi connectivity index (χ0) is 16.2. The summed E-state index contributed by atoms with van der Waals surface area (Å²) < 4.78 is 4.94. The Labute approximate surface area is 135 Å². The zero-order valence-corrected chi connectivity index (χ0v) is 13.4. The van der Waals surface area contributed by atoms with Crippen molar-refractivity contribution in [1.29, 1.82) is 0 Å². The summed E-state index contributed by atoms with van der Waals surface area (Å²) in [6, 6.07) is 6.11. The van der Waals surface area contributed by atoms with Gasteiger partial charge in [-0.3, -0.25) is 0 Å². The summed E-state index contributed by atoms with van der Waals surface area (Å²) in [5, 5.41) is 9.21. The first-order valence-electron chi connectivity index (χ1n) is 7.75. The molecule has 2 aromatic rings. The third-order valence-electron chi connectivity index (χ3n) is 3.92. The third-order valence-corrected chi connectivity index (χ3v) is 3.92. The first kappa shape index (κ1) is 15.3. The van der Waals surface area contributed by atoms with Gasteiger partial charge in [-0.2, -0.15) is 4.98 Å². The van der Waals surface area contributed by atoms with Crippen molar-refractivity contribution in [1.82, 2.24) is 20.8 Å².